The maximum absolute atomic E-state index is 13.6. The van der Waals surface area contributed by atoms with Gasteiger partial charge in [0.1, 0.15) is 11.6 Å². The lowest BCUT2D eigenvalue weighted by molar-refractivity contribution is -0.137. The van der Waals surface area contributed by atoms with E-state index in [1.807, 2.05) is 0 Å². The fourth-order valence-electron chi connectivity index (χ4n) is 2.26. The van der Waals surface area contributed by atoms with Crippen LogP contribution in [0, 0.1) is 11.6 Å². The highest BCUT2D eigenvalue weighted by Crippen LogP contribution is 2.38. The van der Waals surface area contributed by atoms with Gasteiger partial charge < -0.3 is 11.5 Å². The molecule has 4 N–H and O–H groups in total. The van der Waals surface area contributed by atoms with E-state index in [0.717, 1.165) is 0 Å². The van der Waals surface area contributed by atoms with Crippen molar-refractivity contribution in [2.75, 3.05) is 11.5 Å². The van der Waals surface area contributed by atoms with E-state index in [-0.39, 0.29) is 11.1 Å². The zero-order valence-electron chi connectivity index (χ0n) is 12.2. The van der Waals surface area contributed by atoms with E-state index in [0.29, 0.717) is 24.3 Å². The van der Waals surface area contributed by atoms with Crippen molar-refractivity contribution in [1.29, 1.82) is 0 Å². The van der Waals surface area contributed by atoms with Gasteiger partial charge in [-0.2, -0.15) is 26.3 Å². The maximum atomic E-state index is 13.6. The molecule has 0 aromatic heterocycles. The molecular formula is C15H10F8N2. The van der Waals surface area contributed by atoms with Gasteiger partial charge in [0.05, 0.1) is 22.5 Å². The summed E-state index contributed by atoms with van der Waals surface area (Å²) in [6.45, 7) is 0. The molecule has 25 heavy (non-hydrogen) atoms. The van der Waals surface area contributed by atoms with Gasteiger partial charge in [-0.3, -0.25) is 0 Å². The van der Waals surface area contributed by atoms with Crippen LogP contribution < -0.4 is 11.5 Å². The summed E-state index contributed by atoms with van der Waals surface area (Å²) in [4.78, 5) is 0. The summed E-state index contributed by atoms with van der Waals surface area (Å²) in [6.07, 6.45) is -10.5. The largest absolute Gasteiger partial charge is 0.418 e. The smallest absolute Gasteiger partial charge is 0.396 e. The van der Waals surface area contributed by atoms with E-state index in [4.69, 9.17) is 11.5 Å². The predicted molar refractivity (Wildman–Crippen MR) is 74.4 cm³/mol. The molecule has 0 atom stereocenters. The van der Waals surface area contributed by atoms with E-state index >= 15 is 0 Å². The standard InChI is InChI=1S/C15H10F8N2/c16-10-4-6(2-8(12(10)24)14(18,19)20)1-7-3-9(15(21,22)23)13(25)11(17)5-7/h2-5H,1,24-25H2. The first kappa shape index (κ1) is 18.8. The van der Waals surface area contributed by atoms with Crippen molar-refractivity contribution in [2.24, 2.45) is 0 Å². The molecule has 0 aliphatic carbocycles. The number of alkyl halides is 6. The van der Waals surface area contributed by atoms with Crippen LogP contribution in [0.3, 0.4) is 0 Å². The molecule has 0 amide bonds. The third kappa shape index (κ3) is 3.94. The summed E-state index contributed by atoms with van der Waals surface area (Å²) < 4.78 is 104. The first-order valence-corrected chi connectivity index (χ1v) is 6.61. The minimum Gasteiger partial charge on any atom is -0.396 e. The van der Waals surface area contributed by atoms with Crippen molar-refractivity contribution in [3.05, 3.63) is 58.2 Å². The van der Waals surface area contributed by atoms with Crippen LogP contribution in [0.1, 0.15) is 22.3 Å². The Balaban J connectivity index is 2.51. The Labute approximate surface area is 136 Å². The molecule has 2 rings (SSSR count). The number of halogens is 8. The summed E-state index contributed by atoms with van der Waals surface area (Å²) in [5, 5.41) is 0. The number of nitrogens with two attached hydrogens (primary N) is 2. The third-order valence-electron chi connectivity index (χ3n) is 3.40. The molecule has 2 nitrogen and oxygen atoms in total. The number of hydrogen-bond donors (Lipinski definition) is 2. The van der Waals surface area contributed by atoms with Gasteiger partial charge in [-0.15, -0.1) is 0 Å². The zero-order chi connectivity index (χ0) is 19.2. The van der Waals surface area contributed by atoms with Gasteiger partial charge >= 0.3 is 12.4 Å². The molecule has 0 bridgehead atoms. The molecule has 0 aliphatic heterocycles. The van der Waals surface area contributed by atoms with E-state index in [2.05, 4.69) is 0 Å². The van der Waals surface area contributed by atoms with Crippen LogP contribution in [0.2, 0.25) is 0 Å². The van der Waals surface area contributed by atoms with Gasteiger partial charge in [0, 0.05) is 0 Å². The quantitative estimate of drug-likeness (QED) is 0.592. The van der Waals surface area contributed by atoms with Gasteiger partial charge in [0.15, 0.2) is 0 Å². The van der Waals surface area contributed by atoms with Crippen LogP contribution >= 0.6 is 0 Å². The lowest BCUT2D eigenvalue weighted by Crippen LogP contribution is -2.13. The molecule has 2 aromatic carbocycles. The number of anilines is 2. The lowest BCUT2D eigenvalue weighted by atomic mass is 9.98. The van der Waals surface area contributed by atoms with E-state index in [9.17, 15) is 35.1 Å². The SMILES string of the molecule is Nc1c(F)cc(Cc2cc(F)c(N)c(C(F)(F)F)c2)cc1C(F)(F)F. The topological polar surface area (TPSA) is 52.0 Å². The molecule has 0 saturated carbocycles. The molecule has 2 aromatic rings. The van der Waals surface area contributed by atoms with Crippen molar-refractivity contribution < 1.29 is 35.1 Å². The number of hydrogen-bond acceptors (Lipinski definition) is 2. The van der Waals surface area contributed by atoms with Crippen LogP contribution in [-0.2, 0) is 18.8 Å². The van der Waals surface area contributed by atoms with Gasteiger partial charge in [0.2, 0.25) is 0 Å². The Kier molecular flexibility index (Phi) is 4.58. The molecule has 0 radical (unpaired) electrons. The van der Waals surface area contributed by atoms with Gasteiger partial charge in [-0.05, 0) is 41.8 Å². The van der Waals surface area contributed by atoms with Gasteiger partial charge in [-0.25, -0.2) is 8.78 Å². The monoisotopic (exact) mass is 370 g/mol. The van der Waals surface area contributed by atoms with Crippen LogP contribution in [0.25, 0.3) is 0 Å². The summed E-state index contributed by atoms with van der Waals surface area (Å²) in [5.74, 6) is -2.76. The Morgan fingerprint density at radius 3 is 1.24 bits per heavy atom. The molecular weight excluding hydrogens is 360 g/mol. The fourth-order valence-corrected chi connectivity index (χ4v) is 2.26. The zero-order valence-corrected chi connectivity index (χ0v) is 12.2. The first-order valence-electron chi connectivity index (χ1n) is 6.61. The van der Waals surface area contributed by atoms with Crippen LogP contribution in [-0.4, -0.2) is 0 Å². The highest BCUT2D eigenvalue weighted by molar-refractivity contribution is 5.54. The van der Waals surface area contributed by atoms with Crippen LogP contribution in [0.15, 0.2) is 24.3 Å². The van der Waals surface area contributed by atoms with Crippen molar-refractivity contribution in [3.8, 4) is 0 Å². The first-order chi connectivity index (χ1) is 11.3. The molecule has 0 fully saturated rings. The molecule has 0 aliphatic rings. The normalized spacial score (nSPS) is 12.5. The third-order valence-corrected chi connectivity index (χ3v) is 3.40. The summed E-state index contributed by atoms with van der Waals surface area (Å²) >= 11 is 0. The molecule has 0 unspecified atom stereocenters. The summed E-state index contributed by atoms with van der Waals surface area (Å²) in [7, 11) is 0. The Morgan fingerprint density at radius 2 is 0.960 bits per heavy atom. The Hall–Kier alpha value is -2.52. The van der Waals surface area contributed by atoms with E-state index in [1.54, 1.807) is 0 Å². The van der Waals surface area contributed by atoms with E-state index in [1.165, 1.54) is 0 Å². The average Bonchev–Trinajstić information content (AvgIpc) is 2.43. The van der Waals surface area contributed by atoms with Gasteiger partial charge in [0.25, 0.3) is 0 Å². The highest BCUT2D eigenvalue weighted by Gasteiger charge is 2.36. The average molecular weight is 370 g/mol. The molecule has 10 heteroatoms. The minimum absolute atomic E-state index is 0.323. The number of benzene rings is 2. The van der Waals surface area contributed by atoms with E-state index < -0.39 is 52.9 Å². The maximum Gasteiger partial charge on any atom is 0.418 e. The minimum atomic E-state index is -4.95. The molecule has 0 heterocycles. The second kappa shape index (κ2) is 6.08. The van der Waals surface area contributed by atoms with Crippen LogP contribution in [0.4, 0.5) is 46.5 Å². The predicted octanol–water partition coefficient (Wildman–Crippen LogP) is 4.76. The summed E-state index contributed by atoms with van der Waals surface area (Å²) in [5.41, 5.74) is 4.24. The Morgan fingerprint density at radius 1 is 0.640 bits per heavy atom. The molecule has 136 valence electrons. The fraction of sp³-hybridized carbons (Fsp3) is 0.200. The Bertz CT molecular complexity index is 741. The second-order valence-electron chi connectivity index (χ2n) is 5.25. The van der Waals surface area contributed by atoms with Crippen molar-refractivity contribution in [1.82, 2.24) is 0 Å². The number of rotatable bonds is 2. The second-order valence-corrected chi connectivity index (χ2v) is 5.25. The van der Waals surface area contributed by atoms with Crippen molar-refractivity contribution in [2.45, 2.75) is 18.8 Å². The van der Waals surface area contributed by atoms with Gasteiger partial charge in [-0.1, -0.05) is 0 Å². The molecule has 0 spiro atoms. The van der Waals surface area contributed by atoms with Crippen molar-refractivity contribution in [3.63, 3.8) is 0 Å². The summed E-state index contributed by atoms with van der Waals surface area (Å²) in [6, 6.07) is 2.29. The van der Waals surface area contributed by atoms with Crippen LogP contribution in [0.5, 0.6) is 0 Å². The molecule has 0 saturated heterocycles. The number of nitrogen functional groups attached to an aromatic ring is 2. The van der Waals surface area contributed by atoms with Crippen molar-refractivity contribution >= 4 is 11.4 Å². The highest BCUT2D eigenvalue weighted by atomic mass is 19.4. The lowest BCUT2D eigenvalue weighted by Gasteiger charge is -2.15.